The first kappa shape index (κ1) is 20.3. The average molecular weight is 442 g/mol. The third-order valence-corrected chi connectivity index (χ3v) is 5.85. The monoisotopic (exact) mass is 441 g/mol. The number of piperidine rings is 1. The average Bonchev–Trinajstić information content (AvgIpc) is 2.61. The van der Waals surface area contributed by atoms with Gasteiger partial charge in [-0.1, -0.05) is 11.6 Å². The zero-order chi connectivity index (χ0) is 21.0. The van der Waals surface area contributed by atoms with E-state index in [1.165, 1.54) is 6.20 Å². The lowest BCUT2D eigenvalue weighted by Gasteiger charge is -2.54. The van der Waals surface area contributed by atoms with Crippen molar-refractivity contribution in [3.8, 4) is 0 Å². The summed E-state index contributed by atoms with van der Waals surface area (Å²) in [6, 6.07) is 0. The summed E-state index contributed by atoms with van der Waals surface area (Å²) in [7, 11) is 0. The van der Waals surface area contributed by atoms with Gasteiger partial charge >= 0.3 is 6.09 Å². The normalized spacial score (nSPS) is 18.8. The second-order valence-corrected chi connectivity index (χ2v) is 9.46. The van der Waals surface area contributed by atoms with Crippen molar-refractivity contribution in [3.05, 3.63) is 22.5 Å². The second kappa shape index (κ2) is 7.09. The van der Waals surface area contributed by atoms with Crippen molar-refractivity contribution in [2.75, 3.05) is 31.1 Å². The lowest BCUT2D eigenvalue weighted by atomic mass is 9.72. The van der Waals surface area contributed by atoms with E-state index in [1.54, 1.807) is 4.90 Å². The van der Waals surface area contributed by atoms with Crippen molar-refractivity contribution in [2.45, 2.75) is 39.2 Å². The quantitative estimate of drug-likeness (QED) is 0.484. The summed E-state index contributed by atoms with van der Waals surface area (Å²) in [5.74, 6) is -0.140. The van der Waals surface area contributed by atoms with Gasteiger partial charge in [0.2, 0.25) is 5.28 Å². The molecule has 2 fully saturated rings. The van der Waals surface area contributed by atoms with E-state index in [0.29, 0.717) is 24.3 Å². The van der Waals surface area contributed by atoms with E-state index in [-0.39, 0.29) is 27.5 Å². The molecule has 2 aliphatic rings. The van der Waals surface area contributed by atoms with Gasteiger partial charge in [0.1, 0.15) is 16.9 Å². The highest BCUT2D eigenvalue weighted by Gasteiger charge is 2.47. The molecule has 2 aromatic heterocycles. The van der Waals surface area contributed by atoms with Gasteiger partial charge in [0, 0.05) is 37.8 Å². The van der Waals surface area contributed by atoms with Gasteiger partial charge in [0.05, 0.1) is 5.39 Å². The van der Waals surface area contributed by atoms with Gasteiger partial charge in [0.25, 0.3) is 0 Å². The summed E-state index contributed by atoms with van der Waals surface area (Å²) < 4.78 is 19.8. The van der Waals surface area contributed by atoms with E-state index in [1.807, 2.05) is 25.7 Å². The molecule has 0 saturated carbocycles. The molecule has 0 atom stereocenters. The van der Waals surface area contributed by atoms with Crippen LogP contribution >= 0.6 is 23.2 Å². The molecular formula is C19H22Cl2FN5O2. The van der Waals surface area contributed by atoms with Gasteiger partial charge < -0.3 is 14.5 Å². The fraction of sp³-hybridized carbons (Fsp3) is 0.579. The SMILES string of the molecule is CC(C)(C)OC(=O)N1CCC2(CC1)CN(c1nc(Cl)nc3c(F)c(Cl)ncc13)C2. The van der Waals surface area contributed by atoms with Gasteiger partial charge in [-0.25, -0.2) is 19.2 Å². The Hall–Kier alpha value is -1.93. The van der Waals surface area contributed by atoms with Crippen molar-refractivity contribution in [2.24, 2.45) is 5.41 Å². The number of halogens is 3. The molecule has 7 nitrogen and oxygen atoms in total. The Kier molecular flexibility index (Phi) is 4.98. The zero-order valence-corrected chi connectivity index (χ0v) is 18.0. The van der Waals surface area contributed by atoms with Crippen LogP contribution in [0.5, 0.6) is 0 Å². The van der Waals surface area contributed by atoms with Gasteiger partial charge in [-0.15, -0.1) is 0 Å². The number of amides is 1. The van der Waals surface area contributed by atoms with Crippen LogP contribution in [0.3, 0.4) is 0 Å². The van der Waals surface area contributed by atoms with Crippen molar-refractivity contribution in [3.63, 3.8) is 0 Å². The zero-order valence-electron chi connectivity index (χ0n) is 16.5. The van der Waals surface area contributed by atoms with Crippen LogP contribution in [0, 0.1) is 11.2 Å². The highest BCUT2D eigenvalue weighted by molar-refractivity contribution is 6.30. The number of hydrogen-bond donors (Lipinski definition) is 0. The summed E-state index contributed by atoms with van der Waals surface area (Å²) >= 11 is 11.8. The maximum absolute atomic E-state index is 14.3. The van der Waals surface area contributed by atoms with E-state index in [9.17, 15) is 9.18 Å². The molecule has 0 aromatic carbocycles. The summed E-state index contributed by atoms with van der Waals surface area (Å²) in [6.45, 7) is 8.40. The minimum absolute atomic E-state index is 0.0330. The number of hydrogen-bond acceptors (Lipinski definition) is 6. The molecule has 156 valence electrons. The predicted molar refractivity (Wildman–Crippen MR) is 109 cm³/mol. The van der Waals surface area contributed by atoms with E-state index in [2.05, 4.69) is 15.0 Å². The van der Waals surface area contributed by atoms with Crippen LogP contribution in [0.1, 0.15) is 33.6 Å². The lowest BCUT2D eigenvalue weighted by molar-refractivity contribution is 0.00593. The molecule has 1 amide bonds. The second-order valence-electron chi connectivity index (χ2n) is 8.76. The van der Waals surface area contributed by atoms with Crippen LogP contribution in [0.25, 0.3) is 10.9 Å². The van der Waals surface area contributed by atoms with Gasteiger partial charge in [-0.05, 0) is 45.2 Å². The third kappa shape index (κ3) is 3.92. The van der Waals surface area contributed by atoms with Crippen molar-refractivity contribution in [1.82, 2.24) is 19.9 Å². The Morgan fingerprint density at radius 1 is 1.21 bits per heavy atom. The van der Waals surface area contributed by atoms with Gasteiger partial charge in [-0.2, -0.15) is 4.98 Å². The molecule has 10 heteroatoms. The number of ether oxygens (including phenoxy) is 1. The number of fused-ring (bicyclic) bond motifs is 1. The number of pyridine rings is 1. The van der Waals surface area contributed by atoms with Crippen LogP contribution in [0.15, 0.2) is 6.20 Å². The van der Waals surface area contributed by atoms with Crippen molar-refractivity contribution < 1.29 is 13.9 Å². The van der Waals surface area contributed by atoms with E-state index in [0.717, 1.165) is 25.9 Å². The lowest BCUT2D eigenvalue weighted by Crippen LogP contribution is -2.61. The Morgan fingerprint density at radius 3 is 2.48 bits per heavy atom. The first-order chi connectivity index (χ1) is 13.6. The first-order valence-corrected chi connectivity index (χ1v) is 10.2. The van der Waals surface area contributed by atoms with Crippen LogP contribution in [-0.4, -0.2) is 57.7 Å². The molecular weight excluding hydrogens is 420 g/mol. The van der Waals surface area contributed by atoms with Crippen LogP contribution in [-0.2, 0) is 4.74 Å². The molecule has 0 bridgehead atoms. The molecule has 0 aliphatic carbocycles. The number of nitrogens with zero attached hydrogens (tertiary/aromatic N) is 5. The van der Waals surface area contributed by atoms with E-state index < -0.39 is 11.4 Å². The van der Waals surface area contributed by atoms with Crippen molar-refractivity contribution in [1.29, 1.82) is 0 Å². The van der Waals surface area contributed by atoms with Gasteiger partial charge in [-0.3, -0.25) is 0 Å². The maximum Gasteiger partial charge on any atom is 0.410 e. The highest BCUT2D eigenvalue weighted by atomic mass is 35.5. The number of anilines is 1. The summed E-state index contributed by atoms with van der Waals surface area (Å²) in [5, 5.41) is 0.208. The topological polar surface area (TPSA) is 71.5 Å². The molecule has 0 N–H and O–H groups in total. The molecule has 0 unspecified atom stereocenters. The molecule has 29 heavy (non-hydrogen) atoms. The van der Waals surface area contributed by atoms with Crippen LogP contribution in [0.4, 0.5) is 15.0 Å². The first-order valence-electron chi connectivity index (χ1n) is 9.47. The third-order valence-electron chi connectivity index (χ3n) is 5.42. The number of rotatable bonds is 1. The van der Waals surface area contributed by atoms with Crippen LogP contribution < -0.4 is 4.90 Å². The summed E-state index contributed by atoms with van der Waals surface area (Å²) in [4.78, 5) is 28.2. The number of aromatic nitrogens is 3. The maximum atomic E-state index is 14.3. The molecule has 2 saturated heterocycles. The number of carbonyl (C=O) groups is 1. The van der Waals surface area contributed by atoms with Crippen molar-refractivity contribution >= 4 is 46.0 Å². The standard InChI is InChI=1S/C19H22Cl2FN5O2/c1-18(2,3)29-17(28)26-6-4-19(5-7-26)9-27(10-19)15-11-8-23-14(20)12(22)13(11)24-16(21)25-15/h8H,4-7,9-10H2,1-3H3. The minimum atomic E-state index is -0.698. The minimum Gasteiger partial charge on any atom is -0.444 e. The number of carbonyl (C=O) groups excluding carboxylic acids is 1. The van der Waals surface area contributed by atoms with Gasteiger partial charge in [0.15, 0.2) is 11.0 Å². The molecule has 0 radical (unpaired) electrons. The smallest absolute Gasteiger partial charge is 0.410 e. The largest absolute Gasteiger partial charge is 0.444 e. The van der Waals surface area contributed by atoms with E-state index in [4.69, 9.17) is 27.9 Å². The fourth-order valence-corrected chi connectivity index (χ4v) is 4.26. The van der Waals surface area contributed by atoms with Crippen LogP contribution in [0.2, 0.25) is 10.4 Å². The summed E-state index contributed by atoms with van der Waals surface area (Å²) in [5.41, 5.74) is -0.333. The Bertz CT molecular complexity index is 965. The van der Waals surface area contributed by atoms with E-state index >= 15 is 0 Å². The number of likely N-dealkylation sites (tertiary alicyclic amines) is 1. The molecule has 2 aliphatic heterocycles. The Labute approximate surface area is 178 Å². The fourth-order valence-electron chi connectivity index (χ4n) is 3.95. The molecule has 1 spiro atoms. The highest BCUT2D eigenvalue weighted by Crippen LogP contribution is 2.44. The Morgan fingerprint density at radius 2 is 1.86 bits per heavy atom. The molecule has 4 rings (SSSR count). The predicted octanol–water partition coefficient (Wildman–Crippen LogP) is 4.31. The molecule has 2 aromatic rings. The Balaban J connectivity index is 1.46. The molecule has 4 heterocycles. The summed E-state index contributed by atoms with van der Waals surface area (Å²) in [6.07, 6.45) is 2.95.